The molecule has 2 N–H and O–H groups in total. The highest BCUT2D eigenvalue weighted by Crippen LogP contribution is 2.14. The second-order valence-electron chi connectivity index (χ2n) is 3.12. The van der Waals surface area contributed by atoms with Crippen LogP contribution in [0, 0.1) is 0 Å². The number of hydrazone groups is 1. The number of hydrogen-bond acceptors (Lipinski definition) is 5. The highest BCUT2D eigenvalue weighted by atomic mass is 32.1. The van der Waals surface area contributed by atoms with Crippen LogP contribution in [0.25, 0.3) is 0 Å². The van der Waals surface area contributed by atoms with Crippen LogP contribution < -0.4 is 5.43 Å². The smallest absolute Gasteiger partial charge is 0.355 e. The molecule has 0 radical (unpaired) electrons. The molecule has 0 aliphatic rings. The Morgan fingerprint density at radius 2 is 2.18 bits per heavy atom. The molecule has 1 aromatic carbocycles. The number of benzene rings is 1. The van der Waals surface area contributed by atoms with Gasteiger partial charge in [0.25, 0.3) is 0 Å². The maximum atomic E-state index is 10.6. The molecule has 2 rings (SSSR count). The number of carbonyl (C=O) groups is 1. The number of nitrogens with one attached hydrogen (secondary N) is 1. The number of carboxylic acid groups (broad SMARTS) is 1. The third kappa shape index (κ3) is 3.12. The van der Waals surface area contributed by atoms with E-state index < -0.39 is 5.97 Å². The van der Waals surface area contributed by atoms with Crippen LogP contribution in [0.2, 0.25) is 0 Å². The van der Waals surface area contributed by atoms with Crippen molar-refractivity contribution < 1.29 is 9.90 Å². The van der Waals surface area contributed by atoms with Crippen molar-refractivity contribution in [2.45, 2.75) is 0 Å². The van der Waals surface area contributed by atoms with Crippen molar-refractivity contribution in [1.29, 1.82) is 0 Å². The maximum Gasteiger partial charge on any atom is 0.355 e. The van der Waals surface area contributed by atoms with Gasteiger partial charge in [-0.2, -0.15) is 5.10 Å². The number of carboxylic acids is 1. The molecular formula is C11H9N3O2S. The first-order valence-corrected chi connectivity index (χ1v) is 5.66. The Morgan fingerprint density at radius 1 is 1.41 bits per heavy atom. The van der Waals surface area contributed by atoms with Crippen LogP contribution in [-0.4, -0.2) is 22.3 Å². The fraction of sp³-hybridized carbons (Fsp3) is 0. The van der Waals surface area contributed by atoms with Gasteiger partial charge in [0, 0.05) is 5.38 Å². The number of rotatable bonds is 4. The molecule has 6 heteroatoms. The van der Waals surface area contributed by atoms with Gasteiger partial charge in [-0.3, -0.25) is 5.43 Å². The predicted molar refractivity (Wildman–Crippen MR) is 66.7 cm³/mol. The molecular weight excluding hydrogens is 238 g/mol. The molecule has 0 atom stereocenters. The van der Waals surface area contributed by atoms with Gasteiger partial charge in [-0.25, -0.2) is 9.78 Å². The lowest BCUT2D eigenvalue weighted by Crippen LogP contribution is -1.97. The van der Waals surface area contributed by atoms with Gasteiger partial charge in [0.2, 0.25) is 5.13 Å². The fourth-order valence-electron chi connectivity index (χ4n) is 1.12. The van der Waals surface area contributed by atoms with Crippen molar-refractivity contribution in [3.63, 3.8) is 0 Å². The SMILES string of the molecule is O=C(O)c1csc(NN=Cc2ccccc2)n1. The summed E-state index contributed by atoms with van der Waals surface area (Å²) >= 11 is 1.20. The van der Waals surface area contributed by atoms with E-state index in [0.717, 1.165) is 5.56 Å². The molecule has 0 bridgehead atoms. The Kier molecular flexibility index (Phi) is 3.46. The minimum Gasteiger partial charge on any atom is -0.476 e. The molecule has 1 heterocycles. The van der Waals surface area contributed by atoms with Gasteiger partial charge in [0.1, 0.15) is 0 Å². The lowest BCUT2D eigenvalue weighted by atomic mass is 10.2. The minimum absolute atomic E-state index is 0.0208. The molecule has 0 unspecified atom stereocenters. The van der Waals surface area contributed by atoms with Crippen LogP contribution in [-0.2, 0) is 0 Å². The molecule has 2 aromatic rings. The molecule has 0 saturated heterocycles. The van der Waals surface area contributed by atoms with Crippen molar-refractivity contribution in [3.05, 3.63) is 47.0 Å². The average molecular weight is 247 g/mol. The van der Waals surface area contributed by atoms with Crippen LogP contribution in [0.5, 0.6) is 0 Å². The zero-order valence-electron chi connectivity index (χ0n) is 8.70. The van der Waals surface area contributed by atoms with E-state index in [1.54, 1.807) is 6.21 Å². The Balaban J connectivity index is 1.98. The summed E-state index contributed by atoms with van der Waals surface area (Å²) in [6.45, 7) is 0. The first-order valence-electron chi connectivity index (χ1n) is 4.78. The third-order valence-electron chi connectivity index (χ3n) is 1.90. The van der Waals surface area contributed by atoms with Gasteiger partial charge in [-0.15, -0.1) is 11.3 Å². The number of anilines is 1. The van der Waals surface area contributed by atoms with Crippen molar-refractivity contribution in [2.75, 3.05) is 5.43 Å². The molecule has 0 spiro atoms. The summed E-state index contributed by atoms with van der Waals surface area (Å²) < 4.78 is 0. The lowest BCUT2D eigenvalue weighted by molar-refractivity contribution is 0.0691. The summed E-state index contributed by atoms with van der Waals surface area (Å²) in [6, 6.07) is 9.57. The standard InChI is InChI=1S/C11H9N3O2S/c15-10(16)9-7-17-11(13-9)14-12-6-8-4-2-1-3-5-8/h1-7H,(H,13,14)(H,15,16). The average Bonchev–Trinajstić information content (AvgIpc) is 2.79. The molecule has 17 heavy (non-hydrogen) atoms. The van der Waals surface area contributed by atoms with Crippen molar-refractivity contribution in [3.8, 4) is 0 Å². The van der Waals surface area contributed by atoms with Crippen LogP contribution in [0.4, 0.5) is 5.13 Å². The largest absolute Gasteiger partial charge is 0.476 e. The van der Waals surface area contributed by atoms with Gasteiger partial charge in [0.05, 0.1) is 6.21 Å². The number of hydrogen-bond donors (Lipinski definition) is 2. The fourth-order valence-corrected chi connectivity index (χ4v) is 1.76. The molecule has 0 aliphatic carbocycles. The zero-order valence-corrected chi connectivity index (χ0v) is 9.52. The molecule has 0 aliphatic heterocycles. The van der Waals surface area contributed by atoms with Gasteiger partial charge in [-0.05, 0) is 5.56 Å². The summed E-state index contributed by atoms with van der Waals surface area (Å²) in [5.41, 5.74) is 3.66. The summed E-state index contributed by atoms with van der Waals surface area (Å²) in [5, 5.41) is 14.6. The summed E-state index contributed by atoms with van der Waals surface area (Å²) in [6.07, 6.45) is 1.64. The monoisotopic (exact) mass is 247 g/mol. The highest BCUT2D eigenvalue weighted by molar-refractivity contribution is 7.13. The molecule has 0 saturated carbocycles. The Bertz CT molecular complexity index is 537. The summed E-state index contributed by atoms with van der Waals surface area (Å²) in [4.78, 5) is 14.4. The van der Waals surface area contributed by atoms with E-state index in [1.165, 1.54) is 16.7 Å². The number of nitrogens with zero attached hydrogens (tertiary/aromatic N) is 2. The summed E-state index contributed by atoms with van der Waals surface area (Å²) in [5.74, 6) is -1.04. The van der Waals surface area contributed by atoms with Crippen molar-refractivity contribution >= 4 is 28.7 Å². The summed E-state index contributed by atoms with van der Waals surface area (Å²) in [7, 11) is 0. The van der Waals surface area contributed by atoms with E-state index in [-0.39, 0.29) is 5.69 Å². The van der Waals surface area contributed by atoms with Gasteiger partial charge in [-0.1, -0.05) is 30.3 Å². The lowest BCUT2D eigenvalue weighted by Gasteiger charge is -1.93. The van der Waals surface area contributed by atoms with E-state index in [2.05, 4.69) is 15.5 Å². The predicted octanol–water partition coefficient (Wildman–Crippen LogP) is 2.29. The van der Waals surface area contributed by atoms with E-state index in [4.69, 9.17) is 5.11 Å². The van der Waals surface area contributed by atoms with Crippen LogP contribution >= 0.6 is 11.3 Å². The van der Waals surface area contributed by atoms with Gasteiger partial charge in [0.15, 0.2) is 5.69 Å². The normalized spacial score (nSPS) is 10.6. The van der Waals surface area contributed by atoms with E-state index in [9.17, 15) is 4.79 Å². The van der Waals surface area contributed by atoms with Crippen LogP contribution in [0.3, 0.4) is 0 Å². The molecule has 0 amide bonds. The Hall–Kier alpha value is -2.21. The topological polar surface area (TPSA) is 74.6 Å². The van der Waals surface area contributed by atoms with Crippen molar-refractivity contribution in [2.24, 2.45) is 5.10 Å². The van der Waals surface area contributed by atoms with Gasteiger partial charge >= 0.3 is 5.97 Å². The molecule has 5 nitrogen and oxygen atoms in total. The Labute approximate surface area is 101 Å². The van der Waals surface area contributed by atoms with E-state index >= 15 is 0 Å². The quantitative estimate of drug-likeness (QED) is 0.642. The third-order valence-corrected chi connectivity index (χ3v) is 2.64. The van der Waals surface area contributed by atoms with Crippen LogP contribution in [0.1, 0.15) is 16.1 Å². The second kappa shape index (κ2) is 5.22. The second-order valence-corrected chi connectivity index (χ2v) is 3.98. The van der Waals surface area contributed by atoms with E-state index in [1.807, 2.05) is 30.3 Å². The molecule has 0 fully saturated rings. The van der Waals surface area contributed by atoms with Crippen molar-refractivity contribution in [1.82, 2.24) is 4.98 Å². The number of aromatic nitrogens is 1. The first-order chi connectivity index (χ1) is 8.25. The van der Waals surface area contributed by atoms with Gasteiger partial charge < -0.3 is 5.11 Å². The first kappa shape index (κ1) is 11.3. The minimum atomic E-state index is -1.04. The Morgan fingerprint density at radius 3 is 2.82 bits per heavy atom. The zero-order chi connectivity index (χ0) is 12.1. The highest BCUT2D eigenvalue weighted by Gasteiger charge is 2.07. The maximum absolute atomic E-state index is 10.6. The molecule has 86 valence electrons. The van der Waals surface area contributed by atoms with Crippen LogP contribution in [0.15, 0.2) is 40.8 Å². The number of thiazole rings is 1. The van der Waals surface area contributed by atoms with E-state index in [0.29, 0.717) is 5.13 Å². The number of aromatic carboxylic acids is 1. The molecule has 1 aromatic heterocycles.